The Morgan fingerprint density at radius 2 is 1.37 bits per heavy atom. The number of nitrogens with one attached hydrogen (secondary N) is 1. The van der Waals surface area contributed by atoms with Crippen molar-refractivity contribution in [2.45, 2.75) is 56.0 Å². The summed E-state index contributed by atoms with van der Waals surface area (Å²) in [6.07, 6.45) is 3.24. The molecule has 0 bridgehead atoms. The van der Waals surface area contributed by atoms with E-state index in [9.17, 15) is 18.0 Å². The average molecular weight is 684 g/mol. The molecule has 2 amide bonds. The molecule has 0 saturated carbocycles. The molecule has 1 aliphatic heterocycles. The molecular formula is C39H45N3O6S. The molecule has 1 aliphatic rings. The number of hydrogen-bond acceptors (Lipinski definition) is 6. The van der Waals surface area contributed by atoms with E-state index in [1.807, 2.05) is 78.9 Å². The van der Waals surface area contributed by atoms with Gasteiger partial charge in [0, 0.05) is 39.0 Å². The van der Waals surface area contributed by atoms with Gasteiger partial charge in [0.25, 0.3) is 0 Å². The monoisotopic (exact) mass is 683 g/mol. The Morgan fingerprint density at radius 3 is 2.00 bits per heavy atom. The van der Waals surface area contributed by atoms with E-state index in [2.05, 4.69) is 5.32 Å². The number of methoxy groups -OCH3 is 2. The molecule has 1 saturated heterocycles. The molecule has 0 aliphatic carbocycles. The number of benzene rings is 4. The van der Waals surface area contributed by atoms with Crippen LogP contribution in [0.25, 0.3) is 0 Å². The van der Waals surface area contributed by atoms with Crippen LogP contribution >= 0.6 is 0 Å². The van der Waals surface area contributed by atoms with Gasteiger partial charge in [-0.3, -0.25) is 9.59 Å². The zero-order valence-electron chi connectivity index (χ0n) is 28.2. The Morgan fingerprint density at radius 1 is 0.755 bits per heavy atom. The molecular weight excluding hydrogens is 639 g/mol. The first-order chi connectivity index (χ1) is 23.8. The fourth-order valence-corrected chi connectivity index (χ4v) is 7.64. The van der Waals surface area contributed by atoms with Crippen LogP contribution in [0.2, 0.25) is 0 Å². The predicted octanol–water partition coefficient (Wildman–Crippen LogP) is 5.42. The molecule has 1 atom stereocenters. The van der Waals surface area contributed by atoms with E-state index < -0.39 is 16.1 Å². The molecule has 0 aromatic heterocycles. The van der Waals surface area contributed by atoms with Crippen LogP contribution in [-0.4, -0.2) is 69.3 Å². The van der Waals surface area contributed by atoms with Gasteiger partial charge in [0.1, 0.15) is 6.04 Å². The van der Waals surface area contributed by atoms with E-state index in [1.165, 1.54) is 4.31 Å². The number of carbonyl (C=O) groups is 2. The van der Waals surface area contributed by atoms with Crippen molar-refractivity contribution in [3.63, 3.8) is 0 Å². The molecule has 0 spiro atoms. The maximum atomic E-state index is 14.1. The third kappa shape index (κ3) is 9.49. The Balaban J connectivity index is 1.33. The highest BCUT2D eigenvalue weighted by atomic mass is 32.2. The molecule has 49 heavy (non-hydrogen) atoms. The van der Waals surface area contributed by atoms with Crippen molar-refractivity contribution in [3.8, 4) is 11.5 Å². The first-order valence-electron chi connectivity index (χ1n) is 16.7. The minimum absolute atomic E-state index is 0.159. The largest absolute Gasteiger partial charge is 0.493 e. The molecule has 258 valence electrons. The normalized spacial score (nSPS) is 13.8. The maximum Gasteiger partial charge on any atom is 0.243 e. The van der Waals surface area contributed by atoms with Gasteiger partial charge in [0.2, 0.25) is 21.8 Å². The van der Waals surface area contributed by atoms with E-state index in [4.69, 9.17) is 9.47 Å². The van der Waals surface area contributed by atoms with Crippen LogP contribution in [0.15, 0.2) is 108 Å². The highest BCUT2D eigenvalue weighted by Gasteiger charge is 2.31. The van der Waals surface area contributed by atoms with Crippen LogP contribution in [0.3, 0.4) is 0 Å². The highest BCUT2D eigenvalue weighted by molar-refractivity contribution is 7.89. The number of amides is 2. The summed E-state index contributed by atoms with van der Waals surface area (Å²) in [5, 5.41) is 3.09. The second-order valence-electron chi connectivity index (χ2n) is 12.2. The van der Waals surface area contributed by atoms with Crippen LogP contribution in [-0.2, 0) is 45.4 Å². The molecule has 1 N–H and O–H groups in total. The minimum Gasteiger partial charge on any atom is -0.493 e. The number of carbonyl (C=O) groups excluding carboxylic acids is 2. The van der Waals surface area contributed by atoms with Gasteiger partial charge in [0.15, 0.2) is 11.5 Å². The van der Waals surface area contributed by atoms with Crippen molar-refractivity contribution in [2.75, 3.05) is 33.9 Å². The molecule has 0 radical (unpaired) electrons. The van der Waals surface area contributed by atoms with Gasteiger partial charge in [-0.2, -0.15) is 4.31 Å². The second-order valence-corrected chi connectivity index (χ2v) is 14.1. The first-order valence-corrected chi connectivity index (χ1v) is 18.2. The lowest BCUT2D eigenvalue weighted by atomic mass is 10.0. The van der Waals surface area contributed by atoms with Crippen LogP contribution in [0.5, 0.6) is 11.5 Å². The molecule has 0 unspecified atom stereocenters. The van der Waals surface area contributed by atoms with Gasteiger partial charge in [0.05, 0.1) is 19.1 Å². The van der Waals surface area contributed by atoms with Crippen molar-refractivity contribution in [1.29, 1.82) is 0 Å². The first kappa shape index (κ1) is 35.6. The molecule has 5 rings (SSSR count). The third-order valence-electron chi connectivity index (χ3n) is 8.88. The third-order valence-corrected chi connectivity index (χ3v) is 10.8. The predicted molar refractivity (Wildman–Crippen MR) is 190 cm³/mol. The Bertz CT molecular complexity index is 1780. The van der Waals surface area contributed by atoms with Crippen molar-refractivity contribution < 1.29 is 27.5 Å². The summed E-state index contributed by atoms with van der Waals surface area (Å²) in [4.78, 5) is 30.1. The van der Waals surface area contributed by atoms with Crippen molar-refractivity contribution in [1.82, 2.24) is 14.5 Å². The topological polar surface area (TPSA) is 105 Å². The number of ether oxygens (including phenoxy) is 2. The maximum absolute atomic E-state index is 14.1. The van der Waals surface area contributed by atoms with E-state index in [0.29, 0.717) is 50.4 Å². The van der Waals surface area contributed by atoms with Crippen LogP contribution in [0, 0.1) is 0 Å². The quantitative estimate of drug-likeness (QED) is 0.169. The Hall–Kier alpha value is -4.67. The lowest BCUT2D eigenvalue weighted by Crippen LogP contribution is -2.50. The Labute approximate surface area is 289 Å². The summed E-state index contributed by atoms with van der Waals surface area (Å²) in [7, 11) is -0.339. The standard InChI is InChI=1S/C39H45N3O6S/c1-47-36-21-17-32(28-37(36)48-2)23-24-40-39(44)35(27-31-11-5-3-6-12-31)42(29-33-13-7-4-8-14-33)38(43)22-18-30-15-19-34(20-16-30)49(45,46)41-25-9-10-26-41/h3-8,11-17,19-21,28,35H,9-10,18,22-27,29H2,1-2H3,(H,40,44)/t35-/m1/s1. The summed E-state index contributed by atoms with van der Waals surface area (Å²) in [6.45, 7) is 1.74. The van der Waals surface area contributed by atoms with E-state index in [-0.39, 0.29) is 29.7 Å². The van der Waals surface area contributed by atoms with Crippen LogP contribution < -0.4 is 14.8 Å². The molecule has 4 aromatic rings. The number of aryl methyl sites for hydroxylation is 1. The molecule has 1 heterocycles. The van der Waals surface area contributed by atoms with E-state index in [0.717, 1.165) is 35.1 Å². The number of sulfonamides is 1. The van der Waals surface area contributed by atoms with Crippen LogP contribution in [0.1, 0.15) is 41.5 Å². The number of hydrogen-bond donors (Lipinski definition) is 1. The van der Waals surface area contributed by atoms with Gasteiger partial charge in [-0.05, 0) is 72.2 Å². The number of nitrogens with zero attached hydrogens (tertiary/aromatic N) is 2. The number of rotatable bonds is 16. The summed E-state index contributed by atoms with van der Waals surface area (Å²) in [5.74, 6) is 0.866. The van der Waals surface area contributed by atoms with Crippen molar-refractivity contribution >= 4 is 21.8 Å². The lowest BCUT2D eigenvalue weighted by Gasteiger charge is -2.32. The molecule has 10 heteroatoms. The highest BCUT2D eigenvalue weighted by Crippen LogP contribution is 2.28. The molecule has 4 aromatic carbocycles. The van der Waals surface area contributed by atoms with Crippen LogP contribution in [0.4, 0.5) is 0 Å². The molecule has 9 nitrogen and oxygen atoms in total. The second kappa shape index (κ2) is 17.1. The zero-order valence-corrected chi connectivity index (χ0v) is 29.0. The summed E-state index contributed by atoms with van der Waals surface area (Å²) >= 11 is 0. The Kier molecular flexibility index (Phi) is 12.5. The molecule has 1 fully saturated rings. The van der Waals surface area contributed by atoms with Crippen molar-refractivity contribution in [3.05, 3.63) is 125 Å². The SMILES string of the molecule is COc1ccc(CCNC(=O)[C@@H](Cc2ccccc2)N(Cc2ccccc2)C(=O)CCc2ccc(S(=O)(=O)N3CCCC3)cc2)cc1OC. The fourth-order valence-electron chi connectivity index (χ4n) is 6.12. The van der Waals surface area contributed by atoms with Crippen molar-refractivity contribution in [2.24, 2.45) is 0 Å². The smallest absolute Gasteiger partial charge is 0.243 e. The van der Waals surface area contributed by atoms with E-state index >= 15 is 0 Å². The van der Waals surface area contributed by atoms with Gasteiger partial charge < -0.3 is 19.7 Å². The summed E-state index contributed by atoms with van der Waals surface area (Å²) in [5.41, 5.74) is 3.70. The lowest BCUT2D eigenvalue weighted by molar-refractivity contribution is -0.141. The zero-order chi connectivity index (χ0) is 34.6. The fraction of sp³-hybridized carbons (Fsp3) is 0.333. The minimum atomic E-state index is -3.52. The van der Waals surface area contributed by atoms with Gasteiger partial charge >= 0.3 is 0 Å². The summed E-state index contributed by atoms with van der Waals surface area (Å²) in [6, 6.07) is 31.1. The van der Waals surface area contributed by atoms with Gasteiger partial charge in [-0.15, -0.1) is 0 Å². The summed E-state index contributed by atoms with van der Waals surface area (Å²) < 4.78 is 38.3. The van der Waals surface area contributed by atoms with Gasteiger partial charge in [-0.1, -0.05) is 78.9 Å². The van der Waals surface area contributed by atoms with Gasteiger partial charge in [-0.25, -0.2) is 8.42 Å². The average Bonchev–Trinajstić information content (AvgIpc) is 3.69. The van der Waals surface area contributed by atoms with E-state index in [1.54, 1.807) is 43.4 Å².